The van der Waals surface area contributed by atoms with Crippen molar-refractivity contribution in [1.82, 2.24) is 10.3 Å². The number of anilines is 2. The molecule has 5 nitrogen and oxygen atoms in total. The summed E-state index contributed by atoms with van der Waals surface area (Å²) in [5.41, 5.74) is 5.84. The molecule has 6 heteroatoms. The number of carbonyl (C=O) groups is 1. The zero-order valence-electron chi connectivity index (χ0n) is 12.1. The summed E-state index contributed by atoms with van der Waals surface area (Å²) in [6, 6.07) is 0. The fourth-order valence-corrected chi connectivity index (χ4v) is 3.07. The quantitative estimate of drug-likeness (QED) is 0.817. The highest BCUT2D eigenvalue weighted by Gasteiger charge is 2.19. The third kappa shape index (κ3) is 3.50. The van der Waals surface area contributed by atoms with Gasteiger partial charge in [0, 0.05) is 20.1 Å². The summed E-state index contributed by atoms with van der Waals surface area (Å²) < 4.78 is 0. The van der Waals surface area contributed by atoms with Gasteiger partial charge in [-0.25, -0.2) is 4.98 Å². The first kappa shape index (κ1) is 14.8. The van der Waals surface area contributed by atoms with Gasteiger partial charge >= 0.3 is 0 Å². The van der Waals surface area contributed by atoms with Gasteiger partial charge in [0.2, 0.25) is 0 Å². The summed E-state index contributed by atoms with van der Waals surface area (Å²) in [6.07, 6.45) is 7.68. The normalized spacial score (nSPS) is 18.0. The van der Waals surface area contributed by atoms with Crippen LogP contribution in [-0.4, -0.2) is 31.0 Å². The number of hydrogen-bond acceptors (Lipinski definition) is 5. The largest absolute Gasteiger partial charge is 0.382 e. The average Bonchev–Trinajstić information content (AvgIpc) is 2.87. The Hall–Kier alpha value is -1.56. The maximum Gasteiger partial charge on any atom is 0.265 e. The van der Waals surface area contributed by atoms with Crippen LogP contribution in [0.25, 0.3) is 0 Å². The van der Waals surface area contributed by atoms with Crippen LogP contribution in [0.2, 0.25) is 0 Å². The summed E-state index contributed by atoms with van der Waals surface area (Å²) in [4.78, 5) is 18.9. The van der Waals surface area contributed by atoms with Gasteiger partial charge in [-0.1, -0.05) is 23.5 Å². The second-order valence-corrected chi connectivity index (χ2v) is 6.06. The van der Waals surface area contributed by atoms with Crippen molar-refractivity contribution in [3.63, 3.8) is 0 Å². The summed E-state index contributed by atoms with van der Waals surface area (Å²) in [6.45, 7) is 3.58. The third-order valence-electron chi connectivity index (χ3n) is 3.58. The van der Waals surface area contributed by atoms with Crippen LogP contribution in [0.3, 0.4) is 0 Å². The first-order valence-electron chi connectivity index (χ1n) is 7.02. The first-order valence-corrected chi connectivity index (χ1v) is 7.84. The number of rotatable bonds is 5. The van der Waals surface area contributed by atoms with Gasteiger partial charge in [0.05, 0.1) is 0 Å². The number of hydrogen-bond donors (Lipinski definition) is 2. The van der Waals surface area contributed by atoms with E-state index in [4.69, 9.17) is 5.73 Å². The lowest BCUT2D eigenvalue weighted by Crippen LogP contribution is -2.29. The lowest BCUT2D eigenvalue weighted by Gasteiger charge is -2.17. The van der Waals surface area contributed by atoms with E-state index in [2.05, 4.69) is 22.5 Å². The molecule has 1 aromatic rings. The van der Waals surface area contributed by atoms with E-state index in [1.165, 1.54) is 11.3 Å². The van der Waals surface area contributed by atoms with E-state index >= 15 is 0 Å². The summed E-state index contributed by atoms with van der Waals surface area (Å²) in [5.74, 6) is 0.757. The van der Waals surface area contributed by atoms with Crippen molar-refractivity contribution in [2.75, 3.05) is 30.8 Å². The molecule has 1 amide bonds. The predicted octanol–water partition coefficient (Wildman–Crippen LogP) is 2.27. The van der Waals surface area contributed by atoms with E-state index in [1.807, 2.05) is 18.9 Å². The molecule has 0 aromatic carbocycles. The fourth-order valence-electron chi connectivity index (χ4n) is 2.14. The van der Waals surface area contributed by atoms with Crippen LogP contribution in [0, 0.1) is 5.92 Å². The van der Waals surface area contributed by atoms with Gasteiger partial charge in [-0.15, -0.1) is 0 Å². The second-order valence-electron chi connectivity index (χ2n) is 5.09. The minimum absolute atomic E-state index is 0.106. The van der Waals surface area contributed by atoms with Gasteiger partial charge < -0.3 is 16.0 Å². The standard InChI is InChI=1S/C14H22N4OS/c1-3-18(2)14-17-12(15)11(20-14)13(19)16-9-10-7-5-4-6-8-10/h4-5,10H,3,6-9,15H2,1-2H3,(H,16,19). The molecule has 0 bridgehead atoms. The van der Waals surface area contributed by atoms with Crippen LogP contribution in [0.1, 0.15) is 35.9 Å². The molecule has 0 saturated carbocycles. The van der Waals surface area contributed by atoms with E-state index in [1.54, 1.807) is 0 Å². The van der Waals surface area contributed by atoms with Crippen molar-refractivity contribution in [2.45, 2.75) is 26.2 Å². The minimum Gasteiger partial charge on any atom is -0.382 e. The molecule has 0 fully saturated rings. The number of carbonyl (C=O) groups excluding carboxylic acids is 1. The highest BCUT2D eigenvalue weighted by Crippen LogP contribution is 2.27. The molecular weight excluding hydrogens is 272 g/mol. The van der Waals surface area contributed by atoms with E-state index in [9.17, 15) is 4.79 Å². The van der Waals surface area contributed by atoms with Crippen LogP contribution in [0.15, 0.2) is 12.2 Å². The van der Waals surface area contributed by atoms with Crippen molar-refractivity contribution in [2.24, 2.45) is 5.92 Å². The minimum atomic E-state index is -0.106. The highest BCUT2D eigenvalue weighted by molar-refractivity contribution is 7.18. The van der Waals surface area contributed by atoms with Crippen molar-refractivity contribution in [3.05, 3.63) is 17.0 Å². The molecular formula is C14H22N4OS. The van der Waals surface area contributed by atoms with Crippen molar-refractivity contribution < 1.29 is 4.79 Å². The monoisotopic (exact) mass is 294 g/mol. The van der Waals surface area contributed by atoms with Gasteiger partial charge in [0.15, 0.2) is 5.13 Å². The molecule has 0 spiro atoms. The molecule has 1 aromatic heterocycles. The maximum atomic E-state index is 12.2. The number of thiazole rings is 1. The van der Waals surface area contributed by atoms with Gasteiger partial charge in [-0.05, 0) is 32.1 Å². The van der Waals surface area contributed by atoms with Crippen molar-refractivity contribution >= 4 is 28.2 Å². The molecule has 20 heavy (non-hydrogen) atoms. The number of amides is 1. The summed E-state index contributed by atoms with van der Waals surface area (Å²) in [5, 5.41) is 3.77. The van der Waals surface area contributed by atoms with Crippen LogP contribution >= 0.6 is 11.3 Å². The molecule has 0 saturated heterocycles. The van der Waals surface area contributed by atoms with Crippen LogP contribution < -0.4 is 16.0 Å². The second kappa shape index (κ2) is 6.74. The molecule has 1 aliphatic carbocycles. The molecule has 1 unspecified atom stereocenters. The Morgan fingerprint density at radius 1 is 1.60 bits per heavy atom. The molecule has 1 heterocycles. The maximum absolute atomic E-state index is 12.2. The number of nitrogens with zero attached hydrogens (tertiary/aromatic N) is 2. The zero-order valence-corrected chi connectivity index (χ0v) is 12.9. The number of nitrogens with two attached hydrogens (primary N) is 1. The van der Waals surface area contributed by atoms with E-state index < -0.39 is 0 Å². The Morgan fingerprint density at radius 2 is 2.40 bits per heavy atom. The van der Waals surface area contributed by atoms with E-state index in [0.717, 1.165) is 30.9 Å². The fraction of sp³-hybridized carbons (Fsp3) is 0.571. The van der Waals surface area contributed by atoms with Gasteiger partial charge in [0.25, 0.3) is 5.91 Å². The Kier molecular flexibility index (Phi) is 5.00. The van der Waals surface area contributed by atoms with Gasteiger partial charge in [0.1, 0.15) is 10.7 Å². The van der Waals surface area contributed by atoms with Crippen molar-refractivity contribution in [3.8, 4) is 0 Å². The summed E-state index contributed by atoms with van der Waals surface area (Å²) in [7, 11) is 1.94. The zero-order chi connectivity index (χ0) is 14.5. The predicted molar refractivity (Wildman–Crippen MR) is 84.3 cm³/mol. The van der Waals surface area contributed by atoms with E-state index in [0.29, 0.717) is 23.2 Å². The van der Waals surface area contributed by atoms with Gasteiger partial charge in [-0.3, -0.25) is 4.79 Å². The lowest BCUT2D eigenvalue weighted by molar-refractivity contribution is 0.0951. The molecule has 1 atom stereocenters. The topological polar surface area (TPSA) is 71.2 Å². The molecule has 0 radical (unpaired) electrons. The molecule has 1 aliphatic rings. The first-order chi connectivity index (χ1) is 9.61. The van der Waals surface area contributed by atoms with Crippen molar-refractivity contribution in [1.29, 1.82) is 0 Å². The smallest absolute Gasteiger partial charge is 0.265 e. The Morgan fingerprint density at radius 3 is 3.05 bits per heavy atom. The van der Waals surface area contributed by atoms with Gasteiger partial charge in [-0.2, -0.15) is 0 Å². The number of nitrogen functional groups attached to an aromatic ring is 1. The summed E-state index contributed by atoms with van der Waals surface area (Å²) >= 11 is 1.35. The lowest BCUT2D eigenvalue weighted by atomic mass is 9.94. The Balaban J connectivity index is 1.94. The molecule has 0 aliphatic heterocycles. The SMILES string of the molecule is CCN(C)c1nc(N)c(C(=O)NCC2CC=CCC2)s1. The number of nitrogens with one attached hydrogen (secondary N) is 1. The third-order valence-corrected chi connectivity index (χ3v) is 4.76. The number of aromatic nitrogens is 1. The Labute approximate surface area is 123 Å². The van der Waals surface area contributed by atoms with Crippen LogP contribution in [0.4, 0.5) is 10.9 Å². The average molecular weight is 294 g/mol. The molecule has 3 N–H and O–H groups in total. The molecule has 2 rings (SSSR count). The number of allylic oxidation sites excluding steroid dienone is 2. The van der Waals surface area contributed by atoms with E-state index in [-0.39, 0.29) is 5.91 Å². The Bertz CT molecular complexity index is 497. The highest BCUT2D eigenvalue weighted by atomic mass is 32.1. The molecule has 110 valence electrons. The van der Waals surface area contributed by atoms with Crippen LogP contribution in [0.5, 0.6) is 0 Å². The van der Waals surface area contributed by atoms with Crippen LogP contribution in [-0.2, 0) is 0 Å².